The van der Waals surface area contributed by atoms with Crippen LogP contribution in [0.1, 0.15) is 52.4 Å². The van der Waals surface area contributed by atoms with Crippen LogP contribution < -0.4 is 11.3 Å². The Morgan fingerprint density at radius 1 is 1.47 bits per heavy atom. The molecular formula is C13H27N3O. The number of nitrogens with zero attached hydrogens (tertiary/aromatic N) is 1. The van der Waals surface area contributed by atoms with E-state index in [1.807, 2.05) is 0 Å². The Hall–Kier alpha value is -0.610. The van der Waals surface area contributed by atoms with Crippen LogP contribution in [0.4, 0.5) is 0 Å². The van der Waals surface area contributed by atoms with Gasteiger partial charge in [0.15, 0.2) is 0 Å². The number of amides is 1. The summed E-state index contributed by atoms with van der Waals surface area (Å²) >= 11 is 0. The highest BCUT2D eigenvalue weighted by atomic mass is 16.2. The molecule has 4 nitrogen and oxygen atoms in total. The predicted molar refractivity (Wildman–Crippen MR) is 70.2 cm³/mol. The van der Waals surface area contributed by atoms with Crippen LogP contribution in [0.25, 0.3) is 0 Å². The summed E-state index contributed by atoms with van der Waals surface area (Å²) in [5.41, 5.74) is 2.21. The lowest BCUT2D eigenvalue weighted by atomic mass is 9.96. The maximum Gasteiger partial charge on any atom is 0.235 e. The molecule has 1 heterocycles. The summed E-state index contributed by atoms with van der Waals surface area (Å²) in [6.07, 6.45) is 7.04. The van der Waals surface area contributed by atoms with Crippen molar-refractivity contribution in [2.24, 2.45) is 11.8 Å². The lowest BCUT2D eigenvalue weighted by Gasteiger charge is -2.27. The zero-order chi connectivity index (χ0) is 12.7. The molecule has 1 aliphatic heterocycles. The summed E-state index contributed by atoms with van der Waals surface area (Å²) < 4.78 is 0. The van der Waals surface area contributed by atoms with Crippen molar-refractivity contribution in [3.05, 3.63) is 0 Å². The number of hydrazine groups is 1. The molecule has 100 valence electrons. The van der Waals surface area contributed by atoms with Crippen LogP contribution in [0.5, 0.6) is 0 Å². The lowest BCUT2D eigenvalue weighted by molar-refractivity contribution is -0.122. The van der Waals surface area contributed by atoms with E-state index in [2.05, 4.69) is 24.2 Å². The van der Waals surface area contributed by atoms with Gasteiger partial charge in [-0.15, -0.1) is 0 Å². The minimum absolute atomic E-state index is 0.0631. The van der Waals surface area contributed by atoms with Gasteiger partial charge in [-0.2, -0.15) is 0 Å². The zero-order valence-corrected chi connectivity index (χ0v) is 11.2. The Labute approximate surface area is 105 Å². The van der Waals surface area contributed by atoms with Crippen LogP contribution in [0, 0.1) is 5.92 Å². The van der Waals surface area contributed by atoms with E-state index < -0.39 is 0 Å². The maximum absolute atomic E-state index is 11.3. The molecule has 0 radical (unpaired) electrons. The topological polar surface area (TPSA) is 58.4 Å². The van der Waals surface area contributed by atoms with Gasteiger partial charge in [0.25, 0.3) is 0 Å². The van der Waals surface area contributed by atoms with Crippen LogP contribution in [0.3, 0.4) is 0 Å². The SMILES string of the molecule is CCCC1CCCN(C(C)CC(=O)NN)CC1. The number of hydrogen-bond donors (Lipinski definition) is 2. The molecule has 17 heavy (non-hydrogen) atoms. The van der Waals surface area contributed by atoms with Gasteiger partial charge in [-0.3, -0.25) is 10.2 Å². The van der Waals surface area contributed by atoms with E-state index in [0.717, 1.165) is 19.0 Å². The van der Waals surface area contributed by atoms with Gasteiger partial charge < -0.3 is 4.90 Å². The van der Waals surface area contributed by atoms with E-state index in [0.29, 0.717) is 12.5 Å². The van der Waals surface area contributed by atoms with Gasteiger partial charge >= 0.3 is 0 Å². The number of rotatable bonds is 5. The van der Waals surface area contributed by atoms with Crippen molar-refractivity contribution < 1.29 is 4.79 Å². The standard InChI is InChI=1S/C13H27N3O/c1-3-5-12-6-4-8-16(9-7-12)11(2)10-13(17)15-14/h11-12H,3-10,14H2,1-2H3,(H,15,17). The largest absolute Gasteiger partial charge is 0.300 e. The van der Waals surface area contributed by atoms with Gasteiger partial charge in [-0.1, -0.05) is 19.8 Å². The second-order valence-electron chi connectivity index (χ2n) is 5.24. The Morgan fingerprint density at radius 3 is 2.88 bits per heavy atom. The van der Waals surface area contributed by atoms with Crippen molar-refractivity contribution in [3.8, 4) is 0 Å². The number of hydrogen-bond acceptors (Lipinski definition) is 3. The van der Waals surface area contributed by atoms with Crippen LogP contribution in [0.2, 0.25) is 0 Å². The zero-order valence-electron chi connectivity index (χ0n) is 11.2. The highest BCUT2D eigenvalue weighted by Crippen LogP contribution is 2.23. The molecule has 0 aromatic rings. The molecule has 4 heteroatoms. The van der Waals surface area contributed by atoms with Crippen LogP contribution in [-0.2, 0) is 4.79 Å². The first kappa shape index (κ1) is 14.5. The fraction of sp³-hybridized carbons (Fsp3) is 0.923. The summed E-state index contributed by atoms with van der Waals surface area (Å²) in [6.45, 7) is 6.63. The molecule has 1 saturated heterocycles. The summed E-state index contributed by atoms with van der Waals surface area (Å²) in [7, 11) is 0. The fourth-order valence-electron chi connectivity index (χ4n) is 2.78. The van der Waals surface area contributed by atoms with Gasteiger partial charge in [-0.05, 0) is 45.2 Å². The third-order valence-electron chi connectivity index (χ3n) is 3.84. The van der Waals surface area contributed by atoms with Crippen molar-refractivity contribution in [2.45, 2.75) is 58.4 Å². The van der Waals surface area contributed by atoms with Gasteiger partial charge in [0.05, 0.1) is 0 Å². The van der Waals surface area contributed by atoms with Crippen molar-refractivity contribution in [2.75, 3.05) is 13.1 Å². The minimum atomic E-state index is -0.0631. The highest BCUT2D eigenvalue weighted by Gasteiger charge is 2.21. The smallest absolute Gasteiger partial charge is 0.235 e. The van der Waals surface area contributed by atoms with Crippen LogP contribution in [0.15, 0.2) is 0 Å². The van der Waals surface area contributed by atoms with Gasteiger partial charge in [-0.25, -0.2) is 5.84 Å². The van der Waals surface area contributed by atoms with E-state index in [-0.39, 0.29) is 5.91 Å². The predicted octanol–water partition coefficient (Wildman–Crippen LogP) is 1.66. The second kappa shape index (κ2) is 7.67. The molecule has 0 aromatic heterocycles. The summed E-state index contributed by atoms with van der Waals surface area (Å²) in [5, 5.41) is 0. The minimum Gasteiger partial charge on any atom is -0.300 e. The highest BCUT2D eigenvalue weighted by molar-refractivity contribution is 5.75. The van der Waals surface area contributed by atoms with Gasteiger partial charge in [0, 0.05) is 12.5 Å². The number of carbonyl (C=O) groups excluding carboxylic acids is 1. The summed E-state index contributed by atoms with van der Waals surface area (Å²) in [6, 6.07) is 0.305. The van der Waals surface area contributed by atoms with Crippen molar-refractivity contribution in [1.82, 2.24) is 10.3 Å². The first-order valence-corrected chi connectivity index (χ1v) is 6.90. The quantitative estimate of drug-likeness (QED) is 0.437. The van der Waals surface area contributed by atoms with Crippen molar-refractivity contribution >= 4 is 5.91 Å². The molecule has 1 amide bonds. The van der Waals surface area contributed by atoms with Gasteiger partial charge in [0.1, 0.15) is 0 Å². The normalized spacial score (nSPS) is 24.1. The van der Waals surface area contributed by atoms with Crippen molar-refractivity contribution in [3.63, 3.8) is 0 Å². The van der Waals surface area contributed by atoms with E-state index in [1.54, 1.807) is 0 Å². The first-order valence-electron chi connectivity index (χ1n) is 6.90. The maximum atomic E-state index is 11.3. The number of nitrogens with two attached hydrogens (primary N) is 1. The lowest BCUT2D eigenvalue weighted by Crippen LogP contribution is -2.40. The van der Waals surface area contributed by atoms with Crippen molar-refractivity contribution in [1.29, 1.82) is 0 Å². The number of nitrogens with one attached hydrogen (secondary N) is 1. The van der Waals surface area contributed by atoms with E-state index in [9.17, 15) is 4.79 Å². The third kappa shape index (κ3) is 5.04. The molecule has 2 atom stereocenters. The molecule has 0 aromatic carbocycles. The van der Waals surface area contributed by atoms with Gasteiger partial charge in [0.2, 0.25) is 5.91 Å². The Balaban J connectivity index is 2.36. The third-order valence-corrected chi connectivity index (χ3v) is 3.84. The fourth-order valence-corrected chi connectivity index (χ4v) is 2.78. The molecule has 0 aliphatic carbocycles. The Bertz CT molecular complexity index is 233. The average molecular weight is 241 g/mol. The van der Waals surface area contributed by atoms with Crippen LogP contribution >= 0.6 is 0 Å². The van der Waals surface area contributed by atoms with E-state index in [4.69, 9.17) is 5.84 Å². The number of carbonyl (C=O) groups is 1. The molecule has 0 saturated carbocycles. The summed E-state index contributed by atoms with van der Waals surface area (Å²) in [5.74, 6) is 5.95. The summed E-state index contributed by atoms with van der Waals surface area (Å²) in [4.78, 5) is 13.7. The molecule has 0 bridgehead atoms. The molecule has 1 fully saturated rings. The molecular weight excluding hydrogens is 214 g/mol. The monoisotopic (exact) mass is 241 g/mol. The number of likely N-dealkylation sites (tertiary alicyclic amines) is 1. The molecule has 1 rings (SSSR count). The second-order valence-corrected chi connectivity index (χ2v) is 5.24. The molecule has 2 unspecified atom stereocenters. The van der Waals surface area contributed by atoms with E-state index in [1.165, 1.54) is 32.1 Å². The first-order chi connectivity index (χ1) is 8.17. The van der Waals surface area contributed by atoms with E-state index >= 15 is 0 Å². The molecule has 1 aliphatic rings. The Morgan fingerprint density at radius 2 is 2.24 bits per heavy atom. The average Bonchev–Trinajstić information content (AvgIpc) is 2.55. The molecule has 0 spiro atoms. The van der Waals surface area contributed by atoms with Crippen LogP contribution in [-0.4, -0.2) is 29.9 Å². The Kier molecular flexibility index (Phi) is 6.52. The molecule has 3 N–H and O–H groups in total.